The van der Waals surface area contributed by atoms with E-state index in [9.17, 15) is 4.79 Å². The van der Waals surface area contributed by atoms with Crippen LogP contribution >= 0.6 is 12.4 Å². The Morgan fingerprint density at radius 3 is 2.38 bits per heavy atom. The van der Waals surface area contributed by atoms with Crippen LogP contribution in [0.1, 0.15) is 24.9 Å². The monoisotopic (exact) mass is 244 g/mol. The number of carbonyl (C=O) groups excluding carboxylic acids is 1. The second kappa shape index (κ2) is 7.22. The number of hydrogen-bond acceptors (Lipinski definition) is 4. The summed E-state index contributed by atoms with van der Waals surface area (Å²) < 4.78 is 4.90. The van der Waals surface area contributed by atoms with Crippen LogP contribution in [0.2, 0.25) is 0 Å². The summed E-state index contributed by atoms with van der Waals surface area (Å²) in [4.78, 5) is 10.7. The number of hydrogen-bond donors (Lipinski definition) is 2. The maximum atomic E-state index is 10.7. The fraction of sp³-hybridized carbons (Fsp3) is 0.364. The largest absolute Gasteiger partial charge is 0.427 e. The van der Waals surface area contributed by atoms with Gasteiger partial charge < -0.3 is 16.2 Å². The summed E-state index contributed by atoms with van der Waals surface area (Å²) in [5, 5.41) is 0. The average Bonchev–Trinajstić information content (AvgIpc) is 2.18. The molecule has 0 radical (unpaired) electrons. The fourth-order valence-electron chi connectivity index (χ4n) is 1.30. The van der Waals surface area contributed by atoms with E-state index in [2.05, 4.69) is 0 Å². The molecule has 90 valence electrons. The van der Waals surface area contributed by atoms with Crippen LogP contribution in [0, 0.1) is 0 Å². The molecule has 1 aromatic rings. The van der Waals surface area contributed by atoms with Crippen molar-refractivity contribution in [3.8, 4) is 5.75 Å². The molecule has 0 amide bonds. The molecule has 0 bridgehead atoms. The number of esters is 1. The molecule has 5 heteroatoms. The molecule has 0 aliphatic rings. The highest BCUT2D eigenvalue weighted by molar-refractivity contribution is 5.85. The van der Waals surface area contributed by atoms with E-state index in [0.717, 1.165) is 12.0 Å². The van der Waals surface area contributed by atoms with E-state index in [1.165, 1.54) is 6.92 Å². The second-order valence-corrected chi connectivity index (χ2v) is 3.35. The van der Waals surface area contributed by atoms with E-state index in [1.807, 2.05) is 12.1 Å². The zero-order chi connectivity index (χ0) is 11.3. The highest BCUT2D eigenvalue weighted by Crippen LogP contribution is 2.18. The first-order valence-electron chi connectivity index (χ1n) is 4.87. The van der Waals surface area contributed by atoms with Crippen LogP contribution < -0.4 is 16.2 Å². The smallest absolute Gasteiger partial charge is 0.308 e. The third-order valence-corrected chi connectivity index (χ3v) is 2.05. The third-order valence-electron chi connectivity index (χ3n) is 2.05. The summed E-state index contributed by atoms with van der Waals surface area (Å²) in [5.41, 5.74) is 12.3. The van der Waals surface area contributed by atoms with Gasteiger partial charge in [0.05, 0.1) is 0 Å². The van der Waals surface area contributed by atoms with Crippen molar-refractivity contribution in [3.63, 3.8) is 0 Å². The Bertz CT molecular complexity index is 327. The van der Waals surface area contributed by atoms with E-state index in [4.69, 9.17) is 16.2 Å². The Balaban J connectivity index is 0.00000225. The number of halogens is 1. The lowest BCUT2D eigenvalue weighted by Gasteiger charge is -2.10. The summed E-state index contributed by atoms with van der Waals surface area (Å²) in [6.07, 6.45) is 0.743. The van der Waals surface area contributed by atoms with Crippen molar-refractivity contribution in [2.45, 2.75) is 19.4 Å². The Labute approximate surface area is 101 Å². The summed E-state index contributed by atoms with van der Waals surface area (Å²) >= 11 is 0. The molecule has 16 heavy (non-hydrogen) atoms. The molecule has 1 aromatic carbocycles. The number of carbonyl (C=O) groups is 1. The molecule has 0 aromatic heterocycles. The summed E-state index contributed by atoms with van der Waals surface area (Å²) in [5.74, 6) is 0.209. The molecule has 1 rings (SSSR count). The fourth-order valence-corrected chi connectivity index (χ4v) is 1.30. The van der Waals surface area contributed by atoms with Gasteiger partial charge in [0.1, 0.15) is 5.75 Å². The van der Waals surface area contributed by atoms with Gasteiger partial charge in [-0.1, -0.05) is 12.1 Å². The zero-order valence-corrected chi connectivity index (χ0v) is 10.00. The second-order valence-electron chi connectivity index (χ2n) is 3.35. The molecule has 0 heterocycles. The van der Waals surface area contributed by atoms with Crippen molar-refractivity contribution in [1.29, 1.82) is 0 Å². The zero-order valence-electron chi connectivity index (χ0n) is 9.18. The first-order chi connectivity index (χ1) is 7.13. The maximum Gasteiger partial charge on any atom is 0.308 e. The summed E-state index contributed by atoms with van der Waals surface area (Å²) in [7, 11) is 0. The van der Waals surface area contributed by atoms with Crippen molar-refractivity contribution in [2.24, 2.45) is 11.5 Å². The van der Waals surface area contributed by atoms with Crippen molar-refractivity contribution < 1.29 is 9.53 Å². The van der Waals surface area contributed by atoms with Gasteiger partial charge >= 0.3 is 5.97 Å². The summed E-state index contributed by atoms with van der Waals surface area (Å²) in [6.45, 7) is 1.93. The van der Waals surface area contributed by atoms with Crippen LogP contribution in [0.15, 0.2) is 24.3 Å². The predicted molar refractivity (Wildman–Crippen MR) is 65.6 cm³/mol. The first kappa shape index (κ1) is 14.9. The van der Waals surface area contributed by atoms with Crippen molar-refractivity contribution in [3.05, 3.63) is 29.8 Å². The van der Waals surface area contributed by atoms with Gasteiger partial charge in [-0.3, -0.25) is 4.79 Å². The number of rotatable bonds is 4. The average molecular weight is 245 g/mol. The summed E-state index contributed by atoms with van der Waals surface area (Å²) in [6, 6.07) is 7.10. The molecule has 4 nitrogen and oxygen atoms in total. The molecule has 0 aliphatic heterocycles. The lowest BCUT2D eigenvalue weighted by atomic mass is 10.1. The minimum absolute atomic E-state index is 0. The van der Waals surface area contributed by atoms with E-state index >= 15 is 0 Å². The van der Waals surface area contributed by atoms with Crippen molar-refractivity contribution in [2.75, 3.05) is 6.54 Å². The molecule has 0 saturated carbocycles. The molecule has 0 saturated heterocycles. The molecule has 4 N–H and O–H groups in total. The molecule has 0 aliphatic carbocycles. The molecule has 1 atom stereocenters. The van der Waals surface area contributed by atoms with Gasteiger partial charge in [-0.15, -0.1) is 12.4 Å². The van der Waals surface area contributed by atoms with E-state index < -0.39 is 0 Å². The standard InChI is InChI=1S/C11H16N2O2.ClH/c1-8(14)15-10-4-2-9(3-5-10)11(13)6-7-12;/h2-5,11H,6-7,12-13H2,1H3;1H/t11-;/m1./s1. The molecule has 0 fully saturated rings. The van der Waals surface area contributed by atoms with Gasteiger partial charge in [-0.05, 0) is 30.7 Å². The SMILES string of the molecule is CC(=O)Oc1ccc([C@H](N)CCN)cc1.Cl. The first-order valence-corrected chi connectivity index (χ1v) is 4.87. The maximum absolute atomic E-state index is 10.7. The van der Waals surface area contributed by atoms with Crippen molar-refractivity contribution >= 4 is 18.4 Å². The van der Waals surface area contributed by atoms with E-state index in [1.54, 1.807) is 12.1 Å². The minimum atomic E-state index is -0.325. The molecule has 0 spiro atoms. The van der Waals surface area contributed by atoms with Crippen molar-refractivity contribution in [1.82, 2.24) is 0 Å². The van der Waals surface area contributed by atoms with Gasteiger partial charge in [-0.2, -0.15) is 0 Å². The lowest BCUT2D eigenvalue weighted by Crippen LogP contribution is -2.15. The van der Waals surface area contributed by atoms with E-state index in [0.29, 0.717) is 12.3 Å². The Kier molecular flexibility index (Phi) is 6.72. The van der Waals surface area contributed by atoms with Crippen LogP contribution in [0.4, 0.5) is 0 Å². The topological polar surface area (TPSA) is 78.3 Å². The quantitative estimate of drug-likeness (QED) is 0.620. The Morgan fingerprint density at radius 2 is 1.94 bits per heavy atom. The van der Waals surface area contributed by atoms with Crippen LogP contribution in [0.5, 0.6) is 5.75 Å². The Morgan fingerprint density at radius 1 is 1.38 bits per heavy atom. The number of nitrogens with two attached hydrogens (primary N) is 2. The predicted octanol–water partition coefficient (Wildman–Crippen LogP) is 1.38. The van der Waals surface area contributed by atoms with Crippen LogP contribution in [0.25, 0.3) is 0 Å². The highest BCUT2D eigenvalue weighted by Gasteiger charge is 2.05. The Hall–Kier alpha value is -1.10. The van der Waals surface area contributed by atoms with Gasteiger partial charge in [0.25, 0.3) is 0 Å². The van der Waals surface area contributed by atoms with Gasteiger partial charge in [0, 0.05) is 13.0 Å². The molecule has 0 unspecified atom stereocenters. The highest BCUT2D eigenvalue weighted by atomic mass is 35.5. The van der Waals surface area contributed by atoms with Gasteiger partial charge in [0.15, 0.2) is 0 Å². The number of benzene rings is 1. The third kappa shape index (κ3) is 4.61. The molecular weight excluding hydrogens is 228 g/mol. The molecular formula is C11H17ClN2O2. The lowest BCUT2D eigenvalue weighted by molar-refractivity contribution is -0.131. The van der Waals surface area contributed by atoms with Gasteiger partial charge in [-0.25, -0.2) is 0 Å². The minimum Gasteiger partial charge on any atom is -0.427 e. The van der Waals surface area contributed by atoms with Gasteiger partial charge in [0.2, 0.25) is 0 Å². The normalized spacial score (nSPS) is 11.4. The van der Waals surface area contributed by atoms with E-state index in [-0.39, 0.29) is 24.4 Å². The van der Waals surface area contributed by atoms with Crippen LogP contribution in [0.3, 0.4) is 0 Å². The van der Waals surface area contributed by atoms with Crippen LogP contribution in [-0.4, -0.2) is 12.5 Å². The number of ether oxygens (including phenoxy) is 1. The van der Waals surface area contributed by atoms with Crippen LogP contribution in [-0.2, 0) is 4.79 Å².